The zero-order valence-corrected chi connectivity index (χ0v) is 16.1. The third-order valence-electron chi connectivity index (χ3n) is 3.62. The van der Waals surface area contributed by atoms with Gasteiger partial charge in [0.1, 0.15) is 0 Å². The van der Waals surface area contributed by atoms with Crippen molar-refractivity contribution in [1.29, 1.82) is 0 Å². The largest absolute Gasteiger partial charge is 0.272 e. The molecule has 0 saturated heterocycles. The van der Waals surface area contributed by atoms with Crippen molar-refractivity contribution >= 4 is 69.6 Å². The zero-order valence-electron chi connectivity index (χ0n) is 13.1. The number of carbonyl (C=O) groups is 2. The molecule has 0 atom stereocenters. The van der Waals surface area contributed by atoms with E-state index in [0.29, 0.717) is 37.5 Å². The fourth-order valence-corrected chi connectivity index (χ4v) is 3.79. The van der Waals surface area contributed by atoms with Crippen LogP contribution < -0.4 is 4.90 Å². The van der Waals surface area contributed by atoms with Crippen LogP contribution in [0.25, 0.3) is 5.57 Å². The van der Waals surface area contributed by atoms with Crippen molar-refractivity contribution in [3.05, 3.63) is 68.0 Å². The Kier molecular flexibility index (Phi) is 5.44. The summed E-state index contributed by atoms with van der Waals surface area (Å²) in [6.45, 7) is 1.93. The summed E-state index contributed by atoms with van der Waals surface area (Å²) in [5.74, 6) is -0.0810. The molecular weight excluding hydrogens is 401 g/mol. The number of rotatable bonds is 4. The summed E-state index contributed by atoms with van der Waals surface area (Å²) < 4.78 is 0. The first kappa shape index (κ1) is 18.3. The highest BCUT2D eigenvalue weighted by atomic mass is 35.5. The fraction of sp³-hybridized carbons (Fsp3) is 0.111. The molecule has 0 fully saturated rings. The first-order chi connectivity index (χ1) is 11.9. The molecule has 0 saturated carbocycles. The van der Waals surface area contributed by atoms with Crippen molar-refractivity contribution in [2.24, 2.45) is 0 Å². The van der Waals surface area contributed by atoms with Crippen molar-refractivity contribution in [3.63, 3.8) is 0 Å². The lowest BCUT2D eigenvalue weighted by Gasteiger charge is -2.15. The lowest BCUT2D eigenvalue weighted by atomic mass is 10.1. The average molecular weight is 413 g/mol. The maximum absolute atomic E-state index is 13.0. The second-order valence-electron chi connectivity index (χ2n) is 5.19. The van der Waals surface area contributed by atoms with Crippen molar-refractivity contribution in [1.82, 2.24) is 0 Å². The maximum atomic E-state index is 13.0. The smallest absolute Gasteiger partial charge is 0.268 e. The Balaban J connectivity index is 2.09. The third-order valence-corrected chi connectivity index (χ3v) is 5.57. The number of nitrogens with zero attached hydrogens (tertiary/aromatic N) is 1. The van der Waals surface area contributed by atoms with Gasteiger partial charge in [-0.2, -0.15) is 0 Å². The quantitative estimate of drug-likeness (QED) is 0.606. The van der Waals surface area contributed by atoms with E-state index in [0.717, 1.165) is 4.90 Å². The van der Waals surface area contributed by atoms with E-state index in [9.17, 15) is 9.59 Å². The number of amides is 2. The van der Waals surface area contributed by atoms with E-state index in [1.165, 1.54) is 17.8 Å². The molecule has 7 heteroatoms. The van der Waals surface area contributed by atoms with Gasteiger partial charge >= 0.3 is 0 Å². The van der Waals surface area contributed by atoms with Crippen LogP contribution in [0.15, 0.2) is 47.4 Å². The summed E-state index contributed by atoms with van der Waals surface area (Å²) in [5, 5.41) is 1.20. The van der Waals surface area contributed by atoms with E-state index in [4.69, 9.17) is 34.8 Å². The van der Waals surface area contributed by atoms with Gasteiger partial charge in [0, 0.05) is 5.02 Å². The van der Waals surface area contributed by atoms with Gasteiger partial charge in [0.05, 0.1) is 26.2 Å². The van der Waals surface area contributed by atoms with Crippen molar-refractivity contribution in [2.75, 3.05) is 10.7 Å². The molecule has 2 amide bonds. The second kappa shape index (κ2) is 7.42. The van der Waals surface area contributed by atoms with Crippen molar-refractivity contribution in [2.45, 2.75) is 6.92 Å². The molecule has 1 aliphatic heterocycles. The molecule has 0 unspecified atom stereocenters. The lowest BCUT2D eigenvalue weighted by Crippen LogP contribution is -2.31. The molecule has 2 aromatic carbocycles. The van der Waals surface area contributed by atoms with E-state index in [1.54, 1.807) is 36.4 Å². The Bertz CT molecular complexity index is 894. The van der Waals surface area contributed by atoms with E-state index in [-0.39, 0.29) is 16.8 Å². The molecule has 1 heterocycles. The van der Waals surface area contributed by atoms with Gasteiger partial charge in [-0.3, -0.25) is 9.59 Å². The van der Waals surface area contributed by atoms with Crippen LogP contribution in [-0.2, 0) is 9.59 Å². The van der Waals surface area contributed by atoms with Gasteiger partial charge < -0.3 is 0 Å². The molecule has 25 heavy (non-hydrogen) atoms. The molecule has 128 valence electrons. The molecule has 1 aliphatic rings. The predicted octanol–water partition coefficient (Wildman–Crippen LogP) is 5.68. The molecule has 0 aliphatic carbocycles. The van der Waals surface area contributed by atoms with Crippen LogP contribution in [0.1, 0.15) is 12.5 Å². The molecular formula is C18H12Cl3NO2S. The first-order valence-corrected chi connectivity index (χ1v) is 9.52. The summed E-state index contributed by atoms with van der Waals surface area (Å²) in [5.41, 5.74) is 1.42. The van der Waals surface area contributed by atoms with Gasteiger partial charge in [-0.05, 0) is 41.6 Å². The minimum Gasteiger partial charge on any atom is -0.268 e. The number of halogens is 3. The molecule has 0 spiro atoms. The monoisotopic (exact) mass is 411 g/mol. The van der Waals surface area contributed by atoms with E-state index < -0.39 is 0 Å². The van der Waals surface area contributed by atoms with E-state index in [1.807, 2.05) is 6.92 Å². The molecule has 3 nitrogen and oxygen atoms in total. The highest BCUT2D eigenvalue weighted by Crippen LogP contribution is 2.39. The highest BCUT2D eigenvalue weighted by Gasteiger charge is 2.40. The van der Waals surface area contributed by atoms with Crippen LogP contribution in [0, 0.1) is 0 Å². The van der Waals surface area contributed by atoms with Crippen molar-refractivity contribution in [3.8, 4) is 0 Å². The van der Waals surface area contributed by atoms with Gasteiger partial charge in [-0.1, -0.05) is 53.9 Å². The Morgan fingerprint density at radius 1 is 0.920 bits per heavy atom. The van der Waals surface area contributed by atoms with Crippen LogP contribution >= 0.6 is 46.6 Å². The van der Waals surface area contributed by atoms with Gasteiger partial charge in [-0.25, -0.2) is 4.90 Å². The van der Waals surface area contributed by atoms with Gasteiger partial charge in [0.25, 0.3) is 11.8 Å². The Hall–Kier alpha value is -1.46. The second-order valence-corrected chi connectivity index (χ2v) is 7.71. The molecule has 0 bridgehead atoms. The standard InChI is InChI=1S/C18H12Cl3NO2S/c1-2-25-16-15(10-3-5-11(19)6-4-10)17(23)22(18(16)24)12-7-8-13(20)14(21)9-12/h3-9H,2H2,1H3. The van der Waals surface area contributed by atoms with Gasteiger partial charge in [0.15, 0.2) is 0 Å². The Morgan fingerprint density at radius 3 is 2.20 bits per heavy atom. The Labute approximate surface area is 164 Å². The first-order valence-electron chi connectivity index (χ1n) is 7.41. The summed E-state index contributed by atoms with van der Waals surface area (Å²) in [6, 6.07) is 11.5. The Morgan fingerprint density at radius 2 is 1.60 bits per heavy atom. The number of imide groups is 1. The molecule has 2 aromatic rings. The lowest BCUT2D eigenvalue weighted by molar-refractivity contribution is -0.119. The predicted molar refractivity (Wildman–Crippen MR) is 105 cm³/mol. The minimum atomic E-state index is -0.387. The number of hydrogen-bond donors (Lipinski definition) is 0. The fourth-order valence-electron chi connectivity index (χ4n) is 2.52. The van der Waals surface area contributed by atoms with Gasteiger partial charge in [-0.15, -0.1) is 11.8 Å². The highest BCUT2D eigenvalue weighted by molar-refractivity contribution is 8.04. The summed E-state index contributed by atoms with van der Waals surface area (Å²) >= 11 is 19.2. The number of benzene rings is 2. The summed E-state index contributed by atoms with van der Waals surface area (Å²) in [7, 11) is 0. The molecule has 0 aromatic heterocycles. The topological polar surface area (TPSA) is 37.4 Å². The average Bonchev–Trinajstić information content (AvgIpc) is 2.82. The molecule has 3 rings (SSSR count). The molecule has 0 radical (unpaired) electrons. The van der Waals surface area contributed by atoms with Gasteiger partial charge in [0.2, 0.25) is 0 Å². The van der Waals surface area contributed by atoms with Crippen LogP contribution in [0.3, 0.4) is 0 Å². The van der Waals surface area contributed by atoms with Crippen molar-refractivity contribution < 1.29 is 9.59 Å². The number of thioether (sulfide) groups is 1. The number of anilines is 1. The van der Waals surface area contributed by atoms with E-state index >= 15 is 0 Å². The minimum absolute atomic E-state index is 0.282. The zero-order chi connectivity index (χ0) is 18.1. The summed E-state index contributed by atoms with van der Waals surface area (Å²) in [4.78, 5) is 27.4. The van der Waals surface area contributed by atoms with Crippen LogP contribution in [0.4, 0.5) is 5.69 Å². The molecule has 0 N–H and O–H groups in total. The third kappa shape index (κ3) is 3.44. The van der Waals surface area contributed by atoms with Crippen LogP contribution in [-0.4, -0.2) is 17.6 Å². The van der Waals surface area contributed by atoms with Crippen LogP contribution in [0.2, 0.25) is 15.1 Å². The van der Waals surface area contributed by atoms with E-state index in [2.05, 4.69) is 0 Å². The normalized spacial score (nSPS) is 14.6. The maximum Gasteiger partial charge on any atom is 0.272 e. The number of carbonyl (C=O) groups excluding carboxylic acids is 2. The number of hydrogen-bond acceptors (Lipinski definition) is 3. The van der Waals surface area contributed by atoms with Crippen LogP contribution in [0.5, 0.6) is 0 Å². The summed E-state index contributed by atoms with van der Waals surface area (Å²) in [6.07, 6.45) is 0. The SMILES string of the molecule is CCSC1=C(c2ccc(Cl)cc2)C(=O)N(c2ccc(Cl)c(Cl)c2)C1=O.